The van der Waals surface area contributed by atoms with Gasteiger partial charge < -0.3 is 0 Å². The van der Waals surface area contributed by atoms with E-state index in [1.54, 1.807) is 0 Å². The van der Waals surface area contributed by atoms with Crippen LogP contribution < -0.4 is 0 Å². The van der Waals surface area contributed by atoms with Crippen molar-refractivity contribution in [1.82, 2.24) is 4.98 Å². The van der Waals surface area contributed by atoms with E-state index in [4.69, 9.17) is 11.6 Å². The van der Waals surface area contributed by atoms with E-state index in [0.717, 1.165) is 0 Å². The van der Waals surface area contributed by atoms with E-state index >= 15 is 0 Å². The predicted molar refractivity (Wildman–Crippen MR) is 51.8 cm³/mol. The molecular weight excluding hydrogens is 320 g/mol. The molecule has 1 aromatic heterocycles. The Hall–Kier alpha value is -0.430. The third-order valence-corrected chi connectivity index (χ3v) is 2.67. The van der Waals surface area contributed by atoms with Crippen LogP contribution in [-0.4, -0.2) is 4.98 Å². The van der Waals surface area contributed by atoms with Crippen LogP contribution in [-0.2, 0) is 11.5 Å². The van der Waals surface area contributed by atoms with Crippen LogP contribution in [0.4, 0.5) is 22.0 Å². The maximum Gasteiger partial charge on any atom is 0.433 e. The zero-order valence-corrected chi connectivity index (χ0v) is 9.80. The first-order chi connectivity index (χ1) is 7.27. The Morgan fingerprint density at radius 2 is 1.94 bits per heavy atom. The van der Waals surface area contributed by atoms with Crippen LogP contribution in [0, 0.1) is 0 Å². The molecular formula is C8H4BrClF5N. The van der Waals surface area contributed by atoms with Crippen LogP contribution in [0.1, 0.15) is 23.4 Å². The van der Waals surface area contributed by atoms with E-state index in [1.165, 1.54) is 0 Å². The summed E-state index contributed by atoms with van der Waals surface area (Å²) in [6, 6.07) is 0.263. The van der Waals surface area contributed by atoms with Gasteiger partial charge in [0, 0.05) is 10.9 Å². The van der Waals surface area contributed by atoms with E-state index in [0.29, 0.717) is 0 Å². The van der Waals surface area contributed by atoms with Gasteiger partial charge in [0.2, 0.25) is 0 Å². The summed E-state index contributed by atoms with van der Waals surface area (Å²) in [5.74, 6) is 0. The molecule has 16 heavy (non-hydrogen) atoms. The Bertz CT molecular complexity index is 393. The third kappa shape index (κ3) is 2.82. The fourth-order valence-electron chi connectivity index (χ4n) is 0.997. The van der Waals surface area contributed by atoms with Crippen molar-refractivity contribution in [3.8, 4) is 0 Å². The summed E-state index contributed by atoms with van der Waals surface area (Å²) in [7, 11) is 0. The van der Waals surface area contributed by atoms with Gasteiger partial charge >= 0.3 is 6.18 Å². The Labute approximate surface area is 101 Å². The lowest BCUT2D eigenvalue weighted by Gasteiger charge is -2.12. The van der Waals surface area contributed by atoms with Crippen molar-refractivity contribution in [2.45, 2.75) is 17.9 Å². The summed E-state index contributed by atoms with van der Waals surface area (Å²) < 4.78 is 61.8. The minimum Gasteiger partial charge on any atom is -0.246 e. The van der Waals surface area contributed by atoms with Gasteiger partial charge in [-0.1, -0.05) is 27.5 Å². The molecule has 1 rings (SSSR count). The highest BCUT2D eigenvalue weighted by Gasteiger charge is 2.35. The molecule has 1 nitrogen and oxygen atoms in total. The van der Waals surface area contributed by atoms with Crippen LogP contribution in [0.2, 0.25) is 5.02 Å². The van der Waals surface area contributed by atoms with E-state index in [2.05, 4.69) is 20.9 Å². The molecule has 1 aromatic rings. The molecule has 0 aromatic carbocycles. The monoisotopic (exact) mass is 323 g/mol. The predicted octanol–water partition coefficient (Wildman–Crippen LogP) is 4.59. The normalized spacial score (nSPS) is 12.2. The fraction of sp³-hybridized carbons (Fsp3) is 0.375. The summed E-state index contributed by atoms with van der Waals surface area (Å²) >= 11 is 8.32. The molecule has 8 heteroatoms. The number of halogens is 7. The lowest BCUT2D eigenvalue weighted by Crippen LogP contribution is -2.11. The smallest absolute Gasteiger partial charge is 0.246 e. The van der Waals surface area contributed by atoms with Gasteiger partial charge in [-0.2, -0.15) is 13.2 Å². The van der Waals surface area contributed by atoms with Gasteiger partial charge in [-0.25, -0.2) is 13.8 Å². The quantitative estimate of drug-likeness (QED) is 0.573. The summed E-state index contributed by atoms with van der Waals surface area (Å²) in [6.07, 6.45) is -7.85. The molecule has 0 N–H and O–H groups in total. The number of hydrogen-bond acceptors (Lipinski definition) is 1. The molecule has 0 saturated carbocycles. The van der Waals surface area contributed by atoms with Crippen LogP contribution >= 0.6 is 27.5 Å². The van der Waals surface area contributed by atoms with Crippen LogP contribution in [0.3, 0.4) is 0 Å². The molecule has 0 bridgehead atoms. The summed E-state index contributed by atoms with van der Waals surface area (Å²) in [5.41, 5.74) is -2.49. The topological polar surface area (TPSA) is 12.9 Å². The molecule has 0 aliphatic carbocycles. The van der Waals surface area contributed by atoms with Crippen molar-refractivity contribution in [3.05, 3.63) is 28.0 Å². The minimum absolute atomic E-state index is 0.129. The highest BCUT2D eigenvalue weighted by Crippen LogP contribution is 2.35. The number of hydrogen-bond donors (Lipinski definition) is 0. The molecule has 0 spiro atoms. The maximum absolute atomic E-state index is 12.4. The molecule has 0 aliphatic rings. The first-order valence-corrected chi connectivity index (χ1v) is 5.38. The number of rotatable bonds is 2. The van der Waals surface area contributed by atoms with Crippen molar-refractivity contribution < 1.29 is 22.0 Å². The van der Waals surface area contributed by atoms with Gasteiger partial charge in [0.1, 0.15) is 5.69 Å². The largest absolute Gasteiger partial charge is 0.433 e. The van der Waals surface area contributed by atoms with Gasteiger partial charge in [-0.3, -0.25) is 0 Å². The van der Waals surface area contributed by atoms with Gasteiger partial charge in [-0.15, -0.1) is 0 Å². The molecule has 0 fully saturated rings. The second-order valence-corrected chi connectivity index (χ2v) is 3.73. The van der Waals surface area contributed by atoms with Gasteiger partial charge in [0.05, 0.1) is 10.7 Å². The second-order valence-electron chi connectivity index (χ2n) is 2.79. The summed E-state index contributed by atoms with van der Waals surface area (Å²) in [5, 5.41) is -0.574. The lowest BCUT2D eigenvalue weighted by molar-refractivity contribution is -0.141. The van der Waals surface area contributed by atoms with Crippen molar-refractivity contribution >= 4 is 27.5 Å². The average molecular weight is 324 g/mol. The summed E-state index contributed by atoms with van der Waals surface area (Å²) in [4.78, 5) is 3.17. The zero-order chi connectivity index (χ0) is 12.5. The van der Waals surface area contributed by atoms with Crippen LogP contribution in [0.5, 0.6) is 0 Å². The number of nitrogens with zero attached hydrogens (tertiary/aromatic N) is 1. The standard InChI is InChI=1S/C8H4BrClF5N/c9-2-4-6(10)3(7(11)12)1-5(16-4)8(13,14)15/h1,7H,2H2. The highest BCUT2D eigenvalue weighted by atomic mass is 79.9. The maximum atomic E-state index is 12.4. The van der Waals surface area contributed by atoms with Crippen molar-refractivity contribution in [1.29, 1.82) is 0 Å². The van der Waals surface area contributed by atoms with Crippen LogP contribution in [0.15, 0.2) is 6.07 Å². The van der Waals surface area contributed by atoms with Crippen molar-refractivity contribution in [2.24, 2.45) is 0 Å². The molecule has 0 radical (unpaired) electrons. The molecule has 0 atom stereocenters. The lowest BCUT2D eigenvalue weighted by atomic mass is 10.2. The zero-order valence-electron chi connectivity index (χ0n) is 7.45. The minimum atomic E-state index is -4.77. The van der Waals surface area contributed by atoms with Crippen molar-refractivity contribution in [3.63, 3.8) is 0 Å². The molecule has 0 aliphatic heterocycles. The number of aromatic nitrogens is 1. The Balaban J connectivity index is 3.40. The Morgan fingerprint density at radius 1 is 1.38 bits per heavy atom. The van der Waals surface area contributed by atoms with Crippen LogP contribution in [0.25, 0.3) is 0 Å². The van der Waals surface area contributed by atoms with Gasteiger partial charge in [0.25, 0.3) is 6.43 Å². The Morgan fingerprint density at radius 3 is 2.31 bits per heavy atom. The molecule has 0 saturated heterocycles. The number of pyridine rings is 1. The Kier molecular flexibility index (Phi) is 4.12. The van der Waals surface area contributed by atoms with Crippen molar-refractivity contribution in [2.75, 3.05) is 0 Å². The van der Waals surface area contributed by atoms with Gasteiger partial charge in [0.15, 0.2) is 0 Å². The first kappa shape index (κ1) is 13.6. The van der Waals surface area contributed by atoms with E-state index in [1.807, 2.05) is 0 Å². The fourth-order valence-corrected chi connectivity index (χ4v) is 1.81. The van der Waals surface area contributed by atoms with E-state index in [-0.39, 0.29) is 17.1 Å². The highest BCUT2D eigenvalue weighted by molar-refractivity contribution is 9.08. The SMILES string of the molecule is FC(F)c1cc(C(F)(F)F)nc(CBr)c1Cl. The number of alkyl halides is 6. The molecule has 90 valence electrons. The van der Waals surface area contributed by atoms with E-state index in [9.17, 15) is 22.0 Å². The summed E-state index contributed by atoms with van der Waals surface area (Å²) in [6.45, 7) is 0. The van der Waals surface area contributed by atoms with E-state index < -0.39 is 28.9 Å². The second kappa shape index (κ2) is 4.83. The molecule has 1 heterocycles. The van der Waals surface area contributed by atoms with Gasteiger partial charge in [-0.05, 0) is 6.07 Å². The molecule has 0 unspecified atom stereocenters. The first-order valence-electron chi connectivity index (χ1n) is 3.88. The average Bonchev–Trinajstić information content (AvgIpc) is 2.15. The third-order valence-electron chi connectivity index (χ3n) is 1.71. The molecule has 0 amide bonds.